The summed E-state index contributed by atoms with van der Waals surface area (Å²) >= 11 is 0. The third-order valence-corrected chi connectivity index (χ3v) is 5.11. The van der Waals surface area contributed by atoms with Gasteiger partial charge in [0.1, 0.15) is 5.75 Å². The fraction of sp³-hybridized carbons (Fsp3) is 0.250. The first-order chi connectivity index (χ1) is 10.6. The van der Waals surface area contributed by atoms with E-state index in [2.05, 4.69) is 4.72 Å². The van der Waals surface area contributed by atoms with Crippen molar-refractivity contribution in [2.45, 2.75) is 17.4 Å². The monoisotopic (exact) mass is 318 g/mol. The maximum absolute atomic E-state index is 12.4. The molecule has 0 radical (unpaired) electrons. The zero-order chi connectivity index (χ0) is 15.6. The minimum absolute atomic E-state index is 0.153. The number of fused-ring (bicyclic) bond motifs is 1. The van der Waals surface area contributed by atoms with Crippen LogP contribution in [-0.2, 0) is 16.4 Å². The number of ether oxygens (including phenoxy) is 1. The van der Waals surface area contributed by atoms with E-state index in [0.717, 1.165) is 23.3 Å². The highest BCUT2D eigenvalue weighted by molar-refractivity contribution is 7.89. The summed E-state index contributed by atoms with van der Waals surface area (Å²) in [4.78, 5) is 0.247. The van der Waals surface area contributed by atoms with Gasteiger partial charge in [0.2, 0.25) is 10.0 Å². The molecule has 1 atom stereocenters. The average Bonchev–Trinajstić information content (AvgIpc) is 3.01. The molecule has 0 aromatic heterocycles. The molecule has 2 aromatic rings. The highest BCUT2D eigenvalue weighted by Crippen LogP contribution is 2.27. The average molecular weight is 318 g/mol. The number of nitrogens with one attached hydrogen (secondary N) is 1. The summed E-state index contributed by atoms with van der Waals surface area (Å²) in [6.45, 7) is 0.755. The fourth-order valence-electron chi connectivity index (χ4n) is 2.43. The van der Waals surface area contributed by atoms with E-state index in [4.69, 9.17) is 10.5 Å². The predicted octanol–water partition coefficient (Wildman–Crippen LogP) is 1.60. The molecule has 1 aliphatic rings. The fourth-order valence-corrected chi connectivity index (χ4v) is 3.54. The third-order valence-electron chi connectivity index (χ3n) is 3.69. The van der Waals surface area contributed by atoms with Crippen LogP contribution in [0, 0.1) is 0 Å². The van der Waals surface area contributed by atoms with Crippen molar-refractivity contribution in [2.75, 3.05) is 13.2 Å². The molecule has 0 bridgehead atoms. The van der Waals surface area contributed by atoms with E-state index in [-0.39, 0.29) is 17.5 Å². The Balaban J connectivity index is 1.71. The van der Waals surface area contributed by atoms with E-state index in [0.29, 0.717) is 6.61 Å². The van der Waals surface area contributed by atoms with Crippen LogP contribution in [0.4, 0.5) is 0 Å². The summed E-state index contributed by atoms with van der Waals surface area (Å²) < 4.78 is 32.7. The number of sulfonamides is 1. The lowest BCUT2D eigenvalue weighted by atomic mass is 10.1. The van der Waals surface area contributed by atoms with E-state index >= 15 is 0 Å². The van der Waals surface area contributed by atoms with Crippen molar-refractivity contribution in [3.8, 4) is 5.75 Å². The van der Waals surface area contributed by atoms with Gasteiger partial charge in [-0.1, -0.05) is 30.3 Å². The minimum atomic E-state index is -3.57. The van der Waals surface area contributed by atoms with Crippen molar-refractivity contribution in [1.29, 1.82) is 0 Å². The zero-order valence-corrected chi connectivity index (χ0v) is 12.8. The van der Waals surface area contributed by atoms with Crippen molar-refractivity contribution >= 4 is 10.0 Å². The Morgan fingerprint density at radius 1 is 1.18 bits per heavy atom. The molecule has 3 rings (SSSR count). The molecule has 2 aromatic carbocycles. The molecule has 0 aliphatic carbocycles. The van der Waals surface area contributed by atoms with E-state index in [1.54, 1.807) is 18.2 Å². The van der Waals surface area contributed by atoms with Gasteiger partial charge in [0, 0.05) is 19.0 Å². The van der Waals surface area contributed by atoms with Crippen LogP contribution in [0.15, 0.2) is 53.4 Å². The first-order valence-electron chi connectivity index (χ1n) is 7.12. The summed E-state index contributed by atoms with van der Waals surface area (Å²) in [6, 6.07) is 14.0. The van der Waals surface area contributed by atoms with Crippen LogP contribution in [0.5, 0.6) is 5.75 Å². The van der Waals surface area contributed by atoms with Crippen LogP contribution in [0.1, 0.15) is 17.2 Å². The lowest BCUT2D eigenvalue weighted by Gasteiger charge is -2.14. The second-order valence-electron chi connectivity index (χ2n) is 5.24. The largest absolute Gasteiger partial charge is 0.493 e. The minimum Gasteiger partial charge on any atom is -0.493 e. The van der Waals surface area contributed by atoms with Crippen molar-refractivity contribution in [3.05, 3.63) is 59.7 Å². The molecule has 0 fully saturated rings. The summed E-state index contributed by atoms with van der Waals surface area (Å²) in [7, 11) is -3.57. The Bertz CT molecular complexity index is 760. The van der Waals surface area contributed by atoms with E-state index in [1.165, 1.54) is 0 Å². The summed E-state index contributed by atoms with van der Waals surface area (Å²) in [5, 5.41) is 0. The number of hydrogen-bond donors (Lipinski definition) is 2. The smallest absolute Gasteiger partial charge is 0.240 e. The molecule has 6 heteroatoms. The standard InChI is InChI=1S/C16H18N2O3S/c17-15(12-4-2-1-3-5-12)11-18-22(19,20)14-6-7-16-13(10-14)8-9-21-16/h1-7,10,15,18H,8-9,11,17H2. The van der Waals surface area contributed by atoms with Crippen LogP contribution < -0.4 is 15.2 Å². The first-order valence-corrected chi connectivity index (χ1v) is 8.60. The Hall–Kier alpha value is -1.89. The number of hydrogen-bond acceptors (Lipinski definition) is 4. The van der Waals surface area contributed by atoms with Crippen LogP contribution in [0.2, 0.25) is 0 Å². The number of benzene rings is 2. The normalized spacial score (nSPS) is 15.1. The third kappa shape index (κ3) is 3.14. The maximum Gasteiger partial charge on any atom is 0.240 e. The Morgan fingerprint density at radius 2 is 1.95 bits per heavy atom. The first kappa shape index (κ1) is 15.0. The zero-order valence-electron chi connectivity index (χ0n) is 12.0. The van der Waals surface area contributed by atoms with Crippen molar-refractivity contribution < 1.29 is 13.2 Å². The Morgan fingerprint density at radius 3 is 2.73 bits per heavy atom. The van der Waals surface area contributed by atoms with Gasteiger partial charge in [0.05, 0.1) is 11.5 Å². The van der Waals surface area contributed by atoms with Gasteiger partial charge in [-0.05, 0) is 29.3 Å². The predicted molar refractivity (Wildman–Crippen MR) is 84.2 cm³/mol. The maximum atomic E-state index is 12.4. The van der Waals surface area contributed by atoms with Gasteiger partial charge in [-0.15, -0.1) is 0 Å². The van der Waals surface area contributed by atoms with E-state index < -0.39 is 10.0 Å². The summed E-state index contributed by atoms with van der Waals surface area (Å²) in [6.07, 6.45) is 0.738. The summed E-state index contributed by atoms with van der Waals surface area (Å²) in [5.41, 5.74) is 7.85. The van der Waals surface area contributed by atoms with Gasteiger partial charge in [-0.3, -0.25) is 0 Å². The van der Waals surface area contributed by atoms with Crippen molar-refractivity contribution in [2.24, 2.45) is 5.73 Å². The summed E-state index contributed by atoms with van der Waals surface area (Å²) in [5.74, 6) is 0.764. The van der Waals surface area contributed by atoms with Gasteiger partial charge in [-0.25, -0.2) is 13.1 Å². The molecule has 0 saturated heterocycles. The highest BCUT2D eigenvalue weighted by atomic mass is 32.2. The van der Waals surface area contributed by atoms with Crippen LogP contribution in [0.3, 0.4) is 0 Å². The van der Waals surface area contributed by atoms with Gasteiger partial charge >= 0.3 is 0 Å². The number of nitrogens with two attached hydrogens (primary N) is 1. The molecule has 3 N–H and O–H groups in total. The van der Waals surface area contributed by atoms with Crippen LogP contribution in [-0.4, -0.2) is 21.6 Å². The highest BCUT2D eigenvalue weighted by Gasteiger charge is 2.20. The second-order valence-corrected chi connectivity index (χ2v) is 7.00. The van der Waals surface area contributed by atoms with Crippen LogP contribution >= 0.6 is 0 Å². The quantitative estimate of drug-likeness (QED) is 0.877. The molecular formula is C16H18N2O3S. The second kappa shape index (κ2) is 6.08. The number of rotatable bonds is 5. The van der Waals surface area contributed by atoms with E-state index in [9.17, 15) is 8.42 Å². The van der Waals surface area contributed by atoms with Gasteiger partial charge < -0.3 is 10.5 Å². The van der Waals surface area contributed by atoms with E-state index in [1.807, 2.05) is 30.3 Å². The SMILES string of the molecule is NC(CNS(=O)(=O)c1ccc2c(c1)CCO2)c1ccccc1. The van der Waals surface area contributed by atoms with Crippen LogP contribution in [0.25, 0.3) is 0 Å². The molecule has 1 heterocycles. The van der Waals surface area contributed by atoms with Gasteiger partial charge in [-0.2, -0.15) is 0 Å². The van der Waals surface area contributed by atoms with Crippen molar-refractivity contribution in [3.63, 3.8) is 0 Å². The molecule has 0 saturated carbocycles. The molecule has 5 nitrogen and oxygen atoms in total. The Kier molecular flexibility index (Phi) is 4.15. The van der Waals surface area contributed by atoms with Gasteiger partial charge in [0.15, 0.2) is 0 Å². The Labute approximate surface area is 130 Å². The molecular weight excluding hydrogens is 300 g/mol. The molecule has 116 valence electrons. The molecule has 22 heavy (non-hydrogen) atoms. The van der Waals surface area contributed by atoms with Crippen molar-refractivity contribution in [1.82, 2.24) is 4.72 Å². The molecule has 0 amide bonds. The molecule has 1 unspecified atom stereocenters. The lowest BCUT2D eigenvalue weighted by molar-refractivity contribution is 0.356. The lowest BCUT2D eigenvalue weighted by Crippen LogP contribution is -2.32. The molecule has 0 spiro atoms. The topological polar surface area (TPSA) is 81.4 Å². The van der Waals surface area contributed by atoms with Gasteiger partial charge in [0.25, 0.3) is 0 Å². The molecule has 1 aliphatic heterocycles.